The van der Waals surface area contributed by atoms with Gasteiger partial charge in [-0.15, -0.1) is 0 Å². The van der Waals surface area contributed by atoms with E-state index in [-0.39, 0.29) is 23.1 Å². The smallest absolute Gasteiger partial charge is 0.416 e. The van der Waals surface area contributed by atoms with E-state index in [0.29, 0.717) is 18.5 Å². The number of fused-ring (bicyclic) bond motifs is 1. The van der Waals surface area contributed by atoms with E-state index in [9.17, 15) is 18.3 Å². The first-order valence-electron chi connectivity index (χ1n) is 8.98. The van der Waals surface area contributed by atoms with E-state index in [4.69, 9.17) is 12.2 Å². The summed E-state index contributed by atoms with van der Waals surface area (Å²) < 4.78 is 41.3. The molecule has 0 fully saturated rings. The molecule has 0 aliphatic heterocycles. The Balaban J connectivity index is 2.06. The monoisotopic (exact) mass is 417 g/mol. The Morgan fingerprint density at radius 2 is 1.97 bits per heavy atom. The number of thiocarbonyl (C=S) groups is 1. The van der Waals surface area contributed by atoms with Crippen LogP contribution in [0, 0.1) is 0 Å². The van der Waals surface area contributed by atoms with Crippen LogP contribution in [0.5, 0.6) is 0 Å². The molecule has 8 heteroatoms. The van der Waals surface area contributed by atoms with Crippen molar-refractivity contribution >= 4 is 34.4 Å². The summed E-state index contributed by atoms with van der Waals surface area (Å²) in [6.07, 6.45) is 0.992. The third-order valence-corrected chi connectivity index (χ3v) is 4.83. The quantitative estimate of drug-likeness (QED) is 0.268. The largest absolute Gasteiger partial charge is 0.858 e. The number of alkyl halides is 3. The molecule has 0 radical (unpaired) electrons. The summed E-state index contributed by atoms with van der Waals surface area (Å²) in [5.41, 5.74) is 1.25. The molecular formula is C21H18F3N3OS. The summed E-state index contributed by atoms with van der Waals surface area (Å²) in [5.74, 6) is -0.503. The first kappa shape index (κ1) is 20.9. The van der Waals surface area contributed by atoms with E-state index in [1.165, 1.54) is 11.4 Å². The number of rotatable bonds is 6. The molecule has 0 saturated heterocycles. The second-order valence-electron chi connectivity index (χ2n) is 6.38. The Morgan fingerprint density at radius 1 is 1.24 bits per heavy atom. The first-order valence-corrected chi connectivity index (χ1v) is 9.45. The molecule has 0 amide bonds. The van der Waals surface area contributed by atoms with Gasteiger partial charge in [-0.1, -0.05) is 12.2 Å². The molecule has 0 bridgehead atoms. The van der Waals surface area contributed by atoms with Gasteiger partial charge in [0.2, 0.25) is 5.52 Å². The van der Waals surface area contributed by atoms with Gasteiger partial charge in [-0.25, -0.2) is 0 Å². The minimum absolute atomic E-state index is 0.198. The van der Waals surface area contributed by atoms with Gasteiger partial charge in [-0.05, 0) is 49.1 Å². The lowest BCUT2D eigenvalue weighted by molar-refractivity contribution is -0.668. The van der Waals surface area contributed by atoms with E-state index < -0.39 is 17.6 Å². The van der Waals surface area contributed by atoms with Crippen LogP contribution >= 0.6 is 12.2 Å². The Morgan fingerprint density at radius 3 is 2.59 bits per heavy atom. The number of aromatic nitrogens is 2. The summed E-state index contributed by atoms with van der Waals surface area (Å²) in [4.78, 5) is 8.03. The molecule has 4 nitrogen and oxygen atoms in total. The number of halogens is 3. The highest BCUT2D eigenvalue weighted by Crippen LogP contribution is 2.32. The lowest BCUT2D eigenvalue weighted by atomic mass is 10.0. The molecule has 0 saturated carbocycles. The van der Waals surface area contributed by atoms with E-state index in [2.05, 4.69) is 9.98 Å². The Kier molecular flexibility index (Phi) is 6.22. The molecule has 0 aliphatic carbocycles. The van der Waals surface area contributed by atoms with Crippen LogP contribution in [0.15, 0.2) is 53.9 Å². The number of nitrogens with zero attached hydrogens (tertiary/aromatic N) is 3. The molecular weight excluding hydrogens is 399 g/mol. The van der Waals surface area contributed by atoms with Crippen molar-refractivity contribution in [3.05, 3.63) is 71.2 Å². The van der Waals surface area contributed by atoms with Crippen LogP contribution in [0.1, 0.15) is 29.2 Å². The van der Waals surface area contributed by atoms with E-state index >= 15 is 0 Å². The summed E-state index contributed by atoms with van der Waals surface area (Å²) in [6, 6.07) is 7.14. The number of aryl methyl sites for hydroxylation is 1. The molecule has 0 unspecified atom stereocenters. The fraction of sp³-hybridized carbons (Fsp3) is 0.238. The normalized spacial score (nSPS) is 12.3. The second-order valence-corrected chi connectivity index (χ2v) is 6.62. The van der Waals surface area contributed by atoms with Gasteiger partial charge in [0.1, 0.15) is 6.54 Å². The highest BCUT2D eigenvalue weighted by molar-refractivity contribution is 7.79. The lowest BCUT2D eigenvalue weighted by Crippen LogP contribution is -2.36. The number of pyridine rings is 2. The fourth-order valence-corrected chi connectivity index (χ4v) is 3.35. The molecule has 1 aromatic carbocycles. The van der Waals surface area contributed by atoms with E-state index in [1.807, 2.05) is 19.1 Å². The van der Waals surface area contributed by atoms with Crippen LogP contribution in [0.3, 0.4) is 0 Å². The van der Waals surface area contributed by atoms with Crippen LogP contribution in [0.2, 0.25) is 0 Å². The van der Waals surface area contributed by atoms with Crippen LogP contribution in [0.4, 0.5) is 13.2 Å². The number of aliphatic imine (C=N–C) groups is 1. The number of hydrogen-bond acceptors (Lipinski definition) is 4. The zero-order chi connectivity index (χ0) is 21.0. The molecule has 29 heavy (non-hydrogen) atoms. The molecule has 0 N–H and O–H groups in total. The minimum atomic E-state index is -4.49. The molecule has 3 rings (SSSR count). The predicted octanol–water partition coefficient (Wildman–Crippen LogP) is 3.26. The van der Waals surface area contributed by atoms with Gasteiger partial charge in [0.25, 0.3) is 0 Å². The van der Waals surface area contributed by atoms with Gasteiger partial charge >= 0.3 is 6.18 Å². The fourth-order valence-electron chi connectivity index (χ4n) is 3.10. The van der Waals surface area contributed by atoms with Gasteiger partial charge < -0.3 is 5.11 Å². The van der Waals surface area contributed by atoms with Gasteiger partial charge in [-0.2, -0.15) is 17.7 Å². The van der Waals surface area contributed by atoms with Crippen molar-refractivity contribution in [1.82, 2.24) is 4.98 Å². The second kappa shape index (κ2) is 8.65. The van der Waals surface area contributed by atoms with Crippen LogP contribution in [0.25, 0.3) is 10.9 Å². The highest BCUT2D eigenvalue weighted by atomic mass is 32.1. The predicted molar refractivity (Wildman–Crippen MR) is 107 cm³/mol. The van der Waals surface area contributed by atoms with E-state index in [1.54, 1.807) is 23.2 Å². The number of benzene rings is 1. The van der Waals surface area contributed by atoms with Crippen molar-refractivity contribution in [2.45, 2.75) is 26.1 Å². The Hall–Kier alpha value is -2.87. The molecule has 2 heterocycles. The van der Waals surface area contributed by atoms with Gasteiger partial charge in [0.05, 0.1) is 16.5 Å². The summed E-state index contributed by atoms with van der Waals surface area (Å²) in [7, 11) is 0. The minimum Gasteiger partial charge on any atom is -0.858 e. The topological polar surface area (TPSA) is 52.2 Å². The Bertz CT molecular complexity index is 1070. The van der Waals surface area contributed by atoms with Gasteiger partial charge in [-0.3, -0.25) is 9.98 Å². The maximum atomic E-state index is 13.2. The average molecular weight is 417 g/mol. The molecule has 150 valence electrons. The standard InChI is InChI=1S/C21H18F3N3OS/c1-2-27-12-17(20(28)26-10-7-14-5-8-25-9-6-14)18(13-29)16-11-15(21(22,23)24)3-4-19(16)27/h3-6,8-9,11-13H,2,7,10H2,1H3. The molecule has 3 aromatic rings. The van der Waals surface area contributed by atoms with Crippen molar-refractivity contribution in [3.8, 4) is 0 Å². The SMILES string of the molecule is CC[n+]1cc(C([O-])=NCCc2ccncc2)c(C=S)c2cc(C(F)(F)F)ccc21. The zero-order valence-corrected chi connectivity index (χ0v) is 16.4. The summed E-state index contributed by atoms with van der Waals surface area (Å²) in [5, 5.41) is 14.3. The maximum absolute atomic E-state index is 13.2. The van der Waals surface area contributed by atoms with Gasteiger partial charge in [0.15, 0.2) is 6.20 Å². The Labute approximate surface area is 171 Å². The van der Waals surface area contributed by atoms with Crippen molar-refractivity contribution in [2.24, 2.45) is 4.99 Å². The van der Waals surface area contributed by atoms with Crippen molar-refractivity contribution in [3.63, 3.8) is 0 Å². The van der Waals surface area contributed by atoms with Crippen LogP contribution in [-0.4, -0.2) is 22.8 Å². The van der Waals surface area contributed by atoms with Crippen molar-refractivity contribution < 1.29 is 22.8 Å². The maximum Gasteiger partial charge on any atom is 0.416 e. The lowest BCUT2D eigenvalue weighted by Gasteiger charge is -2.16. The molecule has 2 aromatic heterocycles. The van der Waals surface area contributed by atoms with Gasteiger partial charge in [0, 0.05) is 35.9 Å². The summed E-state index contributed by atoms with van der Waals surface area (Å²) >= 11 is 5.04. The molecule has 0 atom stereocenters. The van der Waals surface area contributed by atoms with Crippen molar-refractivity contribution in [1.29, 1.82) is 0 Å². The van der Waals surface area contributed by atoms with E-state index in [0.717, 1.165) is 17.7 Å². The molecule has 0 aliphatic rings. The highest BCUT2D eigenvalue weighted by Gasteiger charge is 2.31. The number of hydrogen-bond donors (Lipinski definition) is 0. The third kappa shape index (κ3) is 4.59. The van der Waals surface area contributed by atoms with Crippen LogP contribution in [-0.2, 0) is 19.1 Å². The third-order valence-electron chi connectivity index (χ3n) is 4.59. The van der Waals surface area contributed by atoms with Crippen molar-refractivity contribution in [2.75, 3.05) is 6.54 Å². The summed E-state index contributed by atoms with van der Waals surface area (Å²) in [6.45, 7) is 2.59. The first-order chi connectivity index (χ1) is 13.8. The molecule has 0 spiro atoms. The zero-order valence-electron chi connectivity index (χ0n) is 15.6. The van der Waals surface area contributed by atoms with Crippen LogP contribution < -0.4 is 9.67 Å². The average Bonchev–Trinajstić information content (AvgIpc) is 2.72.